The lowest BCUT2D eigenvalue weighted by Gasteiger charge is -2.40. The number of piperidine rings is 1. The van der Waals surface area contributed by atoms with Crippen LogP contribution in [0.15, 0.2) is 0 Å². The highest BCUT2D eigenvalue weighted by Crippen LogP contribution is 2.27. The lowest BCUT2D eigenvalue weighted by molar-refractivity contribution is 0.176. The summed E-state index contributed by atoms with van der Waals surface area (Å²) in [7, 11) is 4.33. The van der Waals surface area contributed by atoms with Crippen LogP contribution in [0.25, 0.3) is 0 Å². The van der Waals surface area contributed by atoms with Gasteiger partial charge in [-0.25, -0.2) is 0 Å². The number of amidine groups is 1. The molecule has 0 bridgehead atoms. The first-order valence-corrected chi connectivity index (χ1v) is 7.18. The van der Waals surface area contributed by atoms with Gasteiger partial charge in [-0.05, 0) is 39.8 Å². The summed E-state index contributed by atoms with van der Waals surface area (Å²) >= 11 is 0. The van der Waals surface area contributed by atoms with Crippen molar-refractivity contribution in [3.05, 3.63) is 0 Å². The standard InChI is InChI=1S/C14H27N3/c1-16(2)13-9-6-10-17(11-13)14(15)12-7-4-3-5-8-12/h12-13,15H,3-11H2,1-2H3. The van der Waals surface area contributed by atoms with Gasteiger partial charge in [0.05, 0.1) is 5.84 Å². The van der Waals surface area contributed by atoms with Crippen LogP contribution in [0.1, 0.15) is 44.9 Å². The van der Waals surface area contributed by atoms with Crippen molar-refractivity contribution in [2.75, 3.05) is 27.2 Å². The minimum Gasteiger partial charge on any atom is -0.359 e. The molecule has 1 saturated heterocycles. The summed E-state index contributed by atoms with van der Waals surface area (Å²) < 4.78 is 0. The van der Waals surface area contributed by atoms with Gasteiger partial charge >= 0.3 is 0 Å². The van der Waals surface area contributed by atoms with E-state index in [9.17, 15) is 0 Å². The lowest BCUT2D eigenvalue weighted by atomic mass is 9.87. The van der Waals surface area contributed by atoms with Crippen molar-refractivity contribution < 1.29 is 0 Å². The van der Waals surface area contributed by atoms with Crippen molar-refractivity contribution >= 4 is 5.84 Å². The van der Waals surface area contributed by atoms with Gasteiger partial charge in [-0.15, -0.1) is 0 Å². The largest absolute Gasteiger partial charge is 0.359 e. The van der Waals surface area contributed by atoms with Gasteiger partial charge < -0.3 is 9.80 Å². The Bertz CT molecular complexity index is 256. The van der Waals surface area contributed by atoms with Crippen molar-refractivity contribution in [1.82, 2.24) is 9.80 Å². The summed E-state index contributed by atoms with van der Waals surface area (Å²) in [5.41, 5.74) is 0. The predicted octanol–water partition coefficient (Wildman–Crippen LogP) is 2.57. The van der Waals surface area contributed by atoms with Gasteiger partial charge in [-0.1, -0.05) is 19.3 Å². The Labute approximate surface area is 106 Å². The zero-order chi connectivity index (χ0) is 12.3. The molecule has 2 rings (SSSR count). The van der Waals surface area contributed by atoms with E-state index in [1.165, 1.54) is 44.9 Å². The first kappa shape index (κ1) is 12.9. The molecular weight excluding hydrogens is 210 g/mol. The molecule has 1 heterocycles. The van der Waals surface area contributed by atoms with Gasteiger partial charge in [0.1, 0.15) is 0 Å². The summed E-state index contributed by atoms with van der Waals surface area (Å²) in [4.78, 5) is 4.67. The van der Waals surface area contributed by atoms with Crippen LogP contribution in [0.5, 0.6) is 0 Å². The topological polar surface area (TPSA) is 30.3 Å². The van der Waals surface area contributed by atoms with E-state index < -0.39 is 0 Å². The van der Waals surface area contributed by atoms with Gasteiger partial charge in [-0.3, -0.25) is 5.41 Å². The summed E-state index contributed by atoms with van der Waals surface area (Å²) in [5, 5.41) is 8.42. The average Bonchev–Trinajstić information content (AvgIpc) is 2.39. The van der Waals surface area contributed by atoms with Gasteiger partial charge in [0, 0.05) is 25.0 Å². The Balaban J connectivity index is 1.89. The smallest absolute Gasteiger partial charge is 0.0990 e. The van der Waals surface area contributed by atoms with E-state index >= 15 is 0 Å². The van der Waals surface area contributed by atoms with E-state index in [2.05, 4.69) is 23.9 Å². The van der Waals surface area contributed by atoms with E-state index in [0.717, 1.165) is 18.9 Å². The first-order chi connectivity index (χ1) is 8.18. The third-order valence-electron chi connectivity index (χ3n) is 4.46. The molecule has 3 nitrogen and oxygen atoms in total. The molecule has 3 heteroatoms. The molecule has 1 aliphatic heterocycles. The maximum Gasteiger partial charge on any atom is 0.0990 e. The molecule has 17 heavy (non-hydrogen) atoms. The second kappa shape index (κ2) is 5.85. The number of hydrogen-bond donors (Lipinski definition) is 1. The number of nitrogens with one attached hydrogen (secondary N) is 1. The highest BCUT2D eigenvalue weighted by atomic mass is 15.2. The molecular formula is C14H27N3. The fourth-order valence-electron chi connectivity index (χ4n) is 3.23. The normalized spacial score (nSPS) is 27.5. The molecule has 1 unspecified atom stereocenters. The summed E-state index contributed by atoms with van der Waals surface area (Å²) in [5.74, 6) is 1.50. The van der Waals surface area contributed by atoms with Crippen LogP contribution in [0.2, 0.25) is 0 Å². The average molecular weight is 237 g/mol. The van der Waals surface area contributed by atoms with Gasteiger partial charge in [0.25, 0.3) is 0 Å². The zero-order valence-corrected chi connectivity index (χ0v) is 11.4. The summed E-state index contributed by atoms with van der Waals surface area (Å²) in [6.07, 6.45) is 9.09. The summed E-state index contributed by atoms with van der Waals surface area (Å²) in [6, 6.07) is 0.646. The van der Waals surface area contributed by atoms with E-state index in [1.54, 1.807) is 0 Å². The van der Waals surface area contributed by atoms with Crippen molar-refractivity contribution in [2.45, 2.75) is 51.0 Å². The molecule has 1 aliphatic carbocycles. The van der Waals surface area contributed by atoms with Gasteiger partial charge in [0.15, 0.2) is 0 Å². The van der Waals surface area contributed by atoms with E-state index in [-0.39, 0.29) is 0 Å². The second-order valence-electron chi connectivity index (χ2n) is 5.93. The molecule has 0 spiro atoms. The Morgan fingerprint density at radius 3 is 2.41 bits per heavy atom. The van der Waals surface area contributed by atoms with E-state index in [1.807, 2.05) is 0 Å². The highest BCUT2D eigenvalue weighted by Gasteiger charge is 2.27. The third-order valence-corrected chi connectivity index (χ3v) is 4.46. The number of rotatable bonds is 2. The second-order valence-corrected chi connectivity index (χ2v) is 5.93. The zero-order valence-electron chi connectivity index (χ0n) is 11.4. The van der Waals surface area contributed by atoms with Crippen molar-refractivity contribution in [3.8, 4) is 0 Å². The van der Waals surface area contributed by atoms with E-state index in [4.69, 9.17) is 5.41 Å². The fraction of sp³-hybridized carbons (Fsp3) is 0.929. The van der Waals surface area contributed by atoms with Crippen LogP contribution in [-0.2, 0) is 0 Å². The van der Waals surface area contributed by atoms with Crippen LogP contribution in [0.4, 0.5) is 0 Å². The maximum atomic E-state index is 8.42. The van der Waals surface area contributed by atoms with Crippen LogP contribution in [0, 0.1) is 11.3 Å². The third kappa shape index (κ3) is 3.21. The van der Waals surface area contributed by atoms with Crippen LogP contribution >= 0.6 is 0 Å². The lowest BCUT2D eigenvalue weighted by Crippen LogP contribution is -2.49. The fourth-order valence-corrected chi connectivity index (χ4v) is 3.23. The highest BCUT2D eigenvalue weighted by molar-refractivity contribution is 5.81. The molecule has 0 aromatic rings. The minimum atomic E-state index is 0.560. The molecule has 1 saturated carbocycles. The Morgan fingerprint density at radius 1 is 1.06 bits per heavy atom. The van der Waals surface area contributed by atoms with Gasteiger partial charge in [0.2, 0.25) is 0 Å². The maximum absolute atomic E-state index is 8.42. The van der Waals surface area contributed by atoms with Crippen LogP contribution in [-0.4, -0.2) is 48.9 Å². The number of likely N-dealkylation sites (tertiary alicyclic amines) is 1. The molecule has 2 aliphatic rings. The number of hydrogen-bond acceptors (Lipinski definition) is 2. The van der Waals surface area contributed by atoms with Crippen molar-refractivity contribution in [1.29, 1.82) is 5.41 Å². The molecule has 0 aromatic carbocycles. The minimum absolute atomic E-state index is 0.560. The summed E-state index contributed by atoms with van der Waals surface area (Å²) in [6.45, 7) is 2.18. The van der Waals surface area contributed by atoms with Crippen LogP contribution < -0.4 is 0 Å². The number of likely N-dealkylation sites (N-methyl/N-ethyl adjacent to an activating group) is 1. The Kier molecular flexibility index (Phi) is 4.43. The van der Waals surface area contributed by atoms with Crippen LogP contribution in [0.3, 0.4) is 0 Å². The van der Waals surface area contributed by atoms with Crippen molar-refractivity contribution in [3.63, 3.8) is 0 Å². The quantitative estimate of drug-likeness (QED) is 0.591. The Morgan fingerprint density at radius 2 is 1.76 bits per heavy atom. The van der Waals surface area contributed by atoms with Gasteiger partial charge in [-0.2, -0.15) is 0 Å². The van der Waals surface area contributed by atoms with Crippen molar-refractivity contribution in [2.24, 2.45) is 5.92 Å². The monoisotopic (exact) mass is 237 g/mol. The van der Waals surface area contributed by atoms with E-state index in [0.29, 0.717) is 12.0 Å². The molecule has 0 radical (unpaired) electrons. The number of nitrogens with zero attached hydrogens (tertiary/aromatic N) is 2. The molecule has 1 N–H and O–H groups in total. The molecule has 98 valence electrons. The Hall–Kier alpha value is -0.570. The predicted molar refractivity (Wildman–Crippen MR) is 72.6 cm³/mol. The SMILES string of the molecule is CN(C)C1CCCN(C(=N)C2CCCCC2)C1. The molecule has 1 atom stereocenters. The molecule has 0 aromatic heterocycles. The molecule has 0 amide bonds. The first-order valence-electron chi connectivity index (χ1n) is 7.18. The molecule has 2 fully saturated rings.